The van der Waals surface area contributed by atoms with Crippen LogP contribution < -0.4 is 22.1 Å². The highest BCUT2D eigenvalue weighted by Gasteiger charge is 2.42. The lowest BCUT2D eigenvalue weighted by Crippen LogP contribution is -2.55. The summed E-state index contributed by atoms with van der Waals surface area (Å²) in [5.41, 5.74) is 10.9. The molecule has 2 rings (SSSR count). The molecule has 0 radical (unpaired) electrons. The van der Waals surface area contributed by atoms with E-state index in [0.29, 0.717) is 38.8 Å². The van der Waals surface area contributed by atoms with E-state index in [2.05, 4.69) is 26.6 Å². The van der Waals surface area contributed by atoms with Gasteiger partial charge in [-0.2, -0.15) is 0 Å². The van der Waals surface area contributed by atoms with Crippen LogP contribution in [-0.4, -0.2) is 71.2 Å². The summed E-state index contributed by atoms with van der Waals surface area (Å²) in [6.45, 7) is 6.69. The number of ketones is 2. The second-order valence-electron chi connectivity index (χ2n) is 11.2. The Morgan fingerprint density at radius 1 is 1.18 bits per heavy atom. The van der Waals surface area contributed by atoms with Crippen LogP contribution in [0.25, 0.3) is 0 Å². The summed E-state index contributed by atoms with van der Waals surface area (Å²) >= 11 is 3.30. The molecule has 1 aliphatic heterocycles. The van der Waals surface area contributed by atoms with Gasteiger partial charge in [0, 0.05) is 29.6 Å². The minimum atomic E-state index is -1.12. The highest BCUT2D eigenvalue weighted by Crippen LogP contribution is 2.31. The smallest absolute Gasteiger partial charge is 0.254 e. The lowest BCUT2D eigenvalue weighted by atomic mass is 9.76. The number of Topliss-reactive ketones (excluding diaryl/α,β-unsaturated/α-hetero) is 2. The zero-order chi connectivity index (χ0) is 30.1. The molecule has 0 aromatic heterocycles. The predicted octanol–water partition coefficient (Wildman–Crippen LogP) is 2.63. The van der Waals surface area contributed by atoms with Gasteiger partial charge in [-0.3, -0.25) is 24.5 Å². The zero-order valence-electron chi connectivity index (χ0n) is 23.8. The van der Waals surface area contributed by atoms with Gasteiger partial charge < -0.3 is 21.7 Å². The molecule has 12 heteroatoms. The van der Waals surface area contributed by atoms with E-state index in [-0.39, 0.29) is 28.5 Å². The van der Waals surface area contributed by atoms with Crippen LogP contribution in [0, 0.1) is 23.7 Å². The Labute approximate surface area is 244 Å². The first-order chi connectivity index (χ1) is 18.8. The fourth-order valence-electron chi connectivity index (χ4n) is 5.39. The first kappa shape index (κ1) is 34.2. The SMILES string of the molecule is CC(C(=O)[C@@H]1CCCN1C(=O)[C@@H](NC(=O)C1=C(F)CC(Br)C=C1)C(C)C)C(C)[C@@H](CCCNC(N)N)C(=O)CF. The maximum absolute atomic E-state index is 14.5. The summed E-state index contributed by atoms with van der Waals surface area (Å²) in [6, 6.07) is -1.67. The van der Waals surface area contributed by atoms with Crippen molar-refractivity contribution >= 4 is 39.3 Å². The van der Waals surface area contributed by atoms with E-state index in [1.54, 1.807) is 33.8 Å². The molecule has 2 amide bonds. The van der Waals surface area contributed by atoms with Gasteiger partial charge in [-0.25, -0.2) is 8.78 Å². The molecule has 1 saturated heterocycles. The lowest BCUT2D eigenvalue weighted by Gasteiger charge is -2.34. The average molecular weight is 633 g/mol. The van der Waals surface area contributed by atoms with Crippen molar-refractivity contribution in [3.05, 3.63) is 23.6 Å². The second kappa shape index (κ2) is 15.8. The molecule has 0 saturated carbocycles. The molecule has 0 aromatic carbocycles. The molecular formula is C28H44BrF2N5O4. The number of alkyl halides is 2. The number of carbonyl (C=O) groups excluding carboxylic acids is 4. The van der Waals surface area contributed by atoms with E-state index in [9.17, 15) is 28.0 Å². The molecule has 1 heterocycles. The average Bonchev–Trinajstić information content (AvgIpc) is 3.39. The minimum absolute atomic E-state index is 0.0429. The van der Waals surface area contributed by atoms with Crippen LogP contribution in [0.1, 0.15) is 59.8 Å². The number of likely N-dealkylation sites (tertiary alicyclic amines) is 1. The Morgan fingerprint density at radius 3 is 2.42 bits per heavy atom. The molecular weight excluding hydrogens is 588 g/mol. The second-order valence-corrected chi connectivity index (χ2v) is 12.3. The van der Waals surface area contributed by atoms with Crippen molar-refractivity contribution < 1.29 is 28.0 Å². The van der Waals surface area contributed by atoms with E-state index >= 15 is 0 Å². The highest BCUT2D eigenvalue weighted by molar-refractivity contribution is 9.09. The molecule has 0 aromatic rings. The first-order valence-electron chi connectivity index (χ1n) is 14.0. The largest absolute Gasteiger partial charge is 0.340 e. The van der Waals surface area contributed by atoms with E-state index in [1.807, 2.05) is 0 Å². The summed E-state index contributed by atoms with van der Waals surface area (Å²) in [6.07, 6.45) is 4.37. The van der Waals surface area contributed by atoms with Crippen LogP contribution in [-0.2, 0) is 19.2 Å². The van der Waals surface area contributed by atoms with Crippen molar-refractivity contribution in [3.63, 3.8) is 0 Å². The van der Waals surface area contributed by atoms with Gasteiger partial charge in [0.25, 0.3) is 5.91 Å². The topological polar surface area (TPSA) is 148 Å². The number of nitrogens with zero attached hydrogens (tertiary/aromatic N) is 1. The summed E-state index contributed by atoms with van der Waals surface area (Å²) in [7, 11) is 0. The number of halogens is 3. The molecule has 226 valence electrons. The molecule has 1 aliphatic carbocycles. The predicted molar refractivity (Wildman–Crippen MR) is 153 cm³/mol. The molecule has 0 spiro atoms. The lowest BCUT2D eigenvalue weighted by molar-refractivity contribution is -0.143. The fraction of sp³-hybridized carbons (Fsp3) is 0.714. The third-order valence-electron chi connectivity index (χ3n) is 7.96. The number of hydrogen-bond acceptors (Lipinski definition) is 7. The van der Waals surface area contributed by atoms with Crippen molar-refractivity contribution in [1.82, 2.24) is 15.5 Å². The van der Waals surface area contributed by atoms with Crippen molar-refractivity contribution in [2.24, 2.45) is 35.1 Å². The quantitative estimate of drug-likeness (QED) is 0.123. The highest BCUT2D eigenvalue weighted by atomic mass is 79.9. The number of rotatable bonds is 15. The third-order valence-corrected chi connectivity index (χ3v) is 8.58. The van der Waals surface area contributed by atoms with Gasteiger partial charge in [-0.05, 0) is 50.1 Å². The number of carbonyl (C=O) groups is 4. The molecule has 40 heavy (non-hydrogen) atoms. The Balaban J connectivity index is 2.15. The molecule has 1 fully saturated rings. The van der Waals surface area contributed by atoms with Gasteiger partial charge in [-0.1, -0.05) is 49.7 Å². The van der Waals surface area contributed by atoms with Crippen molar-refractivity contribution in [1.29, 1.82) is 0 Å². The normalized spacial score (nSPS) is 22.4. The van der Waals surface area contributed by atoms with Crippen LogP contribution in [0.3, 0.4) is 0 Å². The third kappa shape index (κ3) is 8.99. The van der Waals surface area contributed by atoms with Crippen molar-refractivity contribution in [2.45, 2.75) is 83.0 Å². The van der Waals surface area contributed by atoms with Gasteiger partial charge in [0.1, 0.15) is 24.8 Å². The monoisotopic (exact) mass is 631 g/mol. The van der Waals surface area contributed by atoms with Crippen LogP contribution >= 0.6 is 15.9 Å². The zero-order valence-corrected chi connectivity index (χ0v) is 25.4. The number of allylic oxidation sites excluding steroid dienone is 2. The Bertz CT molecular complexity index is 990. The standard InChI is InChI=1S/C28H44BrF2N5O4/c1-15(2)24(35-26(39)20-10-9-18(29)13-21(20)31)27(40)36-12-6-8-22(36)25(38)17(4)16(3)19(23(37)14-30)7-5-11-34-28(32)33/h9-10,15-19,22,24,28,34H,5-8,11-14,32-33H2,1-4H3,(H,35,39)/t16?,17?,18?,19-,22+,24+/m1/s1. The number of amides is 2. The van der Waals surface area contributed by atoms with E-state index in [4.69, 9.17) is 11.5 Å². The maximum Gasteiger partial charge on any atom is 0.254 e. The van der Waals surface area contributed by atoms with E-state index in [0.717, 1.165) is 0 Å². The van der Waals surface area contributed by atoms with Gasteiger partial charge in [-0.15, -0.1) is 0 Å². The summed E-state index contributed by atoms with van der Waals surface area (Å²) in [4.78, 5) is 53.9. The summed E-state index contributed by atoms with van der Waals surface area (Å²) in [5, 5.41) is 5.53. The van der Waals surface area contributed by atoms with Gasteiger partial charge in [0.05, 0.1) is 11.6 Å². The fourth-order valence-corrected chi connectivity index (χ4v) is 5.83. The maximum atomic E-state index is 14.5. The van der Waals surface area contributed by atoms with E-state index in [1.165, 1.54) is 11.0 Å². The molecule has 2 aliphatic rings. The van der Waals surface area contributed by atoms with Gasteiger partial charge in [0.15, 0.2) is 11.6 Å². The Kier molecular flexibility index (Phi) is 13.5. The molecule has 6 N–H and O–H groups in total. The Morgan fingerprint density at radius 2 is 1.85 bits per heavy atom. The molecule has 6 atom stereocenters. The number of hydrogen-bond donors (Lipinski definition) is 4. The van der Waals surface area contributed by atoms with E-state index < -0.39 is 66.2 Å². The van der Waals surface area contributed by atoms with Gasteiger partial charge >= 0.3 is 0 Å². The molecule has 9 nitrogen and oxygen atoms in total. The summed E-state index contributed by atoms with van der Waals surface area (Å²) < 4.78 is 27.9. The van der Waals surface area contributed by atoms with Crippen LogP contribution in [0.15, 0.2) is 23.6 Å². The van der Waals surface area contributed by atoms with Crippen LogP contribution in [0.5, 0.6) is 0 Å². The number of nitrogens with one attached hydrogen (secondary N) is 2. The van der Waals surface area contributed by atoms with Crippen molar-refractivity contribution in [2.75, 3.05) is 19.8 Å². The number of nitrogens with two attached hydrogens (primary N) is 2. The minimum Gasteiger partial charge on any atom is -0.340 e. The van der Waals surface area contributed by atoms with Crippen LogP contribution in [0.2, 0.25) is 0 Å². The van der Waals surface area contributed by atoms with Crippen LogP contribution in [0.4, 0.5) is 8.78 Å². The van der Waals surface area contributed by atoms with Crippen molar-refractivity contribution in [3.8, 4) is 0 Å². The first-order valence-corrected chi connectivity index (χ1v) is 14.9. The molecule has 0 bridgehead atoms. The van der Waals surface area contributed by atoms with Gasteiger partial charge in [0.2, 0.25) is 5.91 Å². The molecule has 3 unspecified atom stereocenters. The summed E-state index contributed by atoms with van der Waals surface area (Å²) in [5.74, 6) is -4.45. The Hall–Kier alpha value is -2.02.